The molecule has 1 N–H and O–H groups in total. The van der Waals surface area contributed by atoms with Gasteiger partial charge in [-0.1, -0.05) is 0 Å². The minimum Gasteiger partial charge on any atom is -0.490 e. The van der Waals surface area contributed by atoms with Gasteiger partial charge in [-0.2, -0.15) is 0 Å². The van der Waals surface area contributed by atoms with E-state index in [4.69, 9.17) is 14.2 Å². The number of ether oxygens (including phenoxy) is 3. The standard InChI is InChI=1S/C20H30N2O5/c1-4-25-16-13-15(14-17(26-5-2)19(16)27-6-3)20(24)21-10-9-18(23)22-11-7-8-12-22/h13-14H,4-12H2,1-3H3,(H,21,24). The highest BCUT2D eigenvalue weighted by molar-refractivity contribution is 5.95. The Balaban J connectivity index is 2.06. The quantitative estimate of drug-likeness (QED) is 0.677. The monoisotopic (exact) mass is 378 g/mol. The van der Waals surface area contributed by atoms with Crippen molar-refractivity contribution in [1.82, 2.24) is 10.2 Å². The number of rotatable bonds is 10. The van der Waals surface area contributed by atoms with E-state index in [9.17, 15) is 9.59 Å². The predicted octanol–water partition coefficient (Wildman–Crippen LogP) is 2.62. The third kappa shape index (κ3) is 5.77. The molecule has 2 rings (SSSR count). The van der Waals surface area contributed by atoms with E-state index in [0.29, 0.717) is 55.6 Å². The number of benzene rings is 1. The molecule has 0 aliphatic carbocycles. The van der Waals surface area contributed by atoms with Crippen LogP contribution in [0.5, 0.6) is 17.2 Å². The molecule has 27 heavy (non-hydrogen) atoms. The lowest BCUT2D eigenvalue weighted by Gasteiger charge is -2.17. The van der Waals surface area contributed by atoms with Crippen LogP contribution in [0.15, 0.2) is 12.1 Å². The van der Waals surface area contributed by atoms with Crippen LogP contribution in [-0.4, -0.2) is 56.2 Å². The third-order valence-electron chi connectivity index (χ3n) is 4.25. The van der Waals surface area contributed by atoms with Gasteiger partial charge >= 0.3 is 0 Å². The smallest absolute Gasteiger partial charge is 0.251 e. The van der Waals surface area contributed by atoms with Crippen LogP contribution < -0.4 is 19.5 Å². The van der Waals surface area contributed by atoms with Crippen molar-refractivity contribution in [2.45, 2.75) is 40.0 Å². The number of carbonyl (C=O) groups is 2. The van der Waals surface area contributed by atoms with Gasteiger partial charge in [0.15, 0.2) is 11.5 Å². The van der Waals surface area contributed by atoms with Crippen molar-refractivity contribution in [3.05, 3.63) is 17.7 Å². The van der Waals surface area contributed by atoms with Gasteiger partial charge in [0, 0.05) is 31.6 Å². The van der Waals surface area contributed by atoms with Gasteiger partial charge in [0.25, 0.3) is 5.91 Å². The normalized spacial score (nSPS) is 13.4. The lowest BCUT2D eigenvalue weighted by molar-refractivity contribution is -0.129. The molecule has 1 aliphatic heterocycles. The minimum atomic E-state index is -0.269. The summed E-state index contributed by atoms with van der Waals surface area (Å²) in [5.74, 6) is 1.27. The van der Waals surface area contributed by atoms with E-state index in [2.05, 4.69) is 5.32 Å². The van der Waals surface area contributed by atoms with Gasteiger partial charge < -0.3 is 24.4 Å². The van der Waals surface area contributed by atoms with Gasteiger partial charge in [-0.15, -0.1) is 0 Å². The summed E-state index contributed by atoms with van der Waals surface area (Å²) in [5, 5.41) is 2.81. The molecule has 1 aliphatic rings. The molecule has 0 aromatic heterocycles. The molecule has 1 heterocycles. The van der Waals surface area contributed by atoms with Gasteiger partial charge in [-0.25, -0.2) is 0 Å². The van der Waals surface area contributed by atoms with Crippen LogP contribution in [0.4, 0.5) is 0 Å². The van der Waals surface area contributed by atoms with Crippen LogP contribution >= 0.6 is 0 Å². The van der Waals surface area contributed by atoms with Crippen LogP contribution in [0.25, 0.3) is 0 Å². The Morgan fingerprint density at radius 3 is 2.04 bits per heavy atom. The average Bonchev–Trinajstić information content (AvgIpc) is 3.19. The topological polar surface area (TPSA) is 77.1 Å². The van der Waals surface area contributed by atoms with Crippen molar-refractivity contribution in [2.75, 3.05) is 39.5 Å². The Labute approximate surface area is 161 Å². The van der Waals surface area contributed by atoms with Crippen molar-refractivity contribution < 1.29 is 23.8 Å². The SMILES string of the molecule is CCOc1cc(C(=O)NCCC(=O)N2CCCC2)cc(OCC)c1OCC. The molecule has 0 bridgehead atoms. The molecule has 0 saturated carbocycles. The lowest BCUT2D eigenvalue weighted by Crippen LogP contribution is -2.32. The molecular weight excluding hydrogens is 348 g/mol. The van der Waals surface area contributed by atoms with E-state index < -0.39 is 0 Å². The van der Waals surface area contributed by atoms with E-state index in [0.717, 1.165) is 25.9 Å². The highest BCUT2D eigenvalue weighted by Gasteiger charge is 2.20. The first-order valence-electron chi connectivity index (χ1n) is 9.73. The zero-order valence-electron chi connectivity index (χ0n) is 16.5. The Morgan fingerprint density at radius 2 is 1.52 bits per heavy atom. The zero-order valence-corrected chi connectivity index (χ0v) is 16.5. The molecule has 0 unspecified atom stereocenters. The summed E-state index contributed by atoms with van der Waals surface area (Å²) >= 11 is 0. The Kier molecular flexibility index (Phi) is 8.23. The highest BCUT2D eigenvalue weighted by Crippen LogP contribution is 2.39. The highest BCUT2D eigenvalue weighted by atomic mass is 16.5. The average molecular weight is 378 g/mol. The molecule has 0 atom stereocenters. The number of nitrogens with one attached hydrogen (secondary N) is 1. The Bertz CT molecular complexity index is 614. The minimum absolute atomic E-state index is 0.0875. The molecule has 7 heteroatoms. The molecule has 1 saturated heterocycles. The van der Waals surface area contributed by atoms with Crippen molar-refractivity contribution in [3.63, 3.8) is 0 Å². The molecule has 7 nitrogen and oxygen atoms in total. The number of carbonyl (C=O) groups excluding carboxylic acids is 2. The summed E-state index contributed by atoms with van der Waals surface area (Å²) < 4.78 is 16.9. The lowest BCUT2D eigenvalue weighted by atomic mass is 10.1. The second-order valence-corrected chi connectivity index (χ2v) is 6.19. The predicted molar refractivity (Wildman–Crippen MR) is 103 cm³/mol. The van der Waals surface area contributed by atoms with Gasteiger partial charge in [0.2, 0.25) is 11.7 Å². The molecule has 0 radical (unpaired) electrons. The fourth-order valence-corrected chi connectivity index (χ4v) is 3.03. The molecule has 150 valence electrons. The second kappa shape index (κ2) is 10.6. The van der Waals surface area contributed by atoms with Crippen molar-refractivity contribution in [3.8, 4) is 17.2 Å². The van der Waals surface area contributed by atoms with Crippen LogP contribution in [0.2, 0.25) is 0 Å². The van der Waals surface area contributed by atoms with Crippen LogP contribution in [0, 0.1) is 0 Å². The van der Waals surface area contributed by atoms with E-state index in [1.807, 2.05) is 25.7 Å². The van der Waals surface area contributed by atoms with Gasteiger partial charge in [-0.3, -0.25) is 9.59 Å². The van der Waals surface area contributed by atoms with Crippen molar-refractivity contribution in [1.29, 1.82) is 0 Å². The number of hydrogen-bond donors (Lipinski definition) is 1. The van der Waals surface area contributed by atoms with Crippen LogP contribution in [0.3, 0.4) is 0 Å². The molecule has 1 fully saturated rings. The van der Waals surface area contributed by atoms with E-state index in [1.54, 1.807) is 12.1 Å². The van der Waals surface area contributed by atoms with Gasteiger partial charge in [0.1, 0.15) is 0 Å². The number of likely N-dealkylation sites (tertiary alicyclic amines) is 1. The maximum atomic E-state index is 12.5. The summed E-state index contributed by atoms with van der Waals surface area (Å²) in [6.07, 6.45) is 2.43. The third-order valence-corrected chi connectivity index (χ3v) is 4.25. The van der Waals surface area contributed by atoms with E-state index in [-0.39, 0.29) is 11.8 Å². The van der Waals surface area contributed by atoms with Gasteiger partial charge in [0.05, 0.1) is 19.8 Å². The molecule has 0 spiro atoms. The fourth-order valence-electron chi connectivity index (χ4n) is 3.03. The van der Waals surface area contributed by atoms with E-state index in [1.165, 1.54) is 0 Å². The summed E-state index contributed by atoms with van der Waals surface area (Å²) in [7, 11) is 0. The summed E-state index contributed by atoms with van der Waals surface area (Å²) in [4.78, 5) is 26.5. The molecular formula is C20H30N2O5. The number of nitrogens with zero attached hydrogens (tertiary/aromatic N) is 1. The summed E-state index contributed by atoms with van der Waals surface area (Å²) in [6, 6.07) is 3.29. The molecule has 1 aromatic rings. The number of hydrogen-bond acceptors (Lipinski definition) is 5. The van der Waals surface area contributed by atoms with Crippen LogP contribution in [-0.2, 0) is 4.79 Å². The van der Waals surface area contributed by atoms with Crippen LogP contribution in [0.1, 0.15) is 50.4 Å². The molecule has 1 aromatic carbocycles. The number of amides is 2. The Morgan fingerprint density at radius 1 is 0.963 bits per heavy atom. The Hall–Kier alpha value is -2.44. The van der Waals surface area contributed by atoms with E-state index >= 15 is 0 Å². The first-order valence-corrected chi connectivity index (χ1v) is 9.73. The summed E-state index contributed by atoms with van der Waals surface area (Å²) in [5.41, 5.74) is 0.416. The van der Waals surface area contributed by atoms with Crippen molar-refractivity contribution in [2.24, 2.45) is 0 Å². The summed E-state index contributed by atoms with van der Waals surface area (Å²) in [6.45, 7) is 8.91. The van der Waals surface area contributed by atoms with Crippen molar-refractivity contribution >= 4 is 11.8 Å². The maximum absolute atomic E-state index is 12.5. The second-order valence-electron chi connectivity index (χ2n) is 6.19. The first-order chi connectivity index (χ1) is 13.1. The largest absolute Gasteiger partial charge is 0.490 e. The van der Waals surface area contributed by atoms with Gasteiger partial charge in [-0.05, 0) is 45.7 Å². The first kappa shape index (κ1) is 20.9. The molecule has 2 amide bonds. The fraction of sp³-hybridized carbons (Fsp3) is 0.600. The maximum Gasteiger partial charge on any atom is 0.251 e. The zero-order chi connectivity index (χ0) is 19.6.